The molecule has 27 heavy (non-hydrogen) atoms. The Morgan fingerprint density at radius 2 is 1.96 bits per heavy atom. The average Bonchev–Trinajstić information content (AvgIpc) is 2.91. The standard InChI is InChI=1S/C22H22FNO3/c1-4-15-10-17-18(22(26)24-20(17)12-19(15)23)9-14-7-6-13(3)16(8-14)11-21(25)27-5-2/h6-10,12H,4-5,11H2,1-3H3,(H,24,26). The van der Waals surface area contributed by atoms with Gasteiger partial charge in [0.25, 0.3) is 5.91 Å². The van der Waals surface area contributed by atoms with Gasteiger partial charge in [0.05, 0.1) is 18.7 Å². The molecule has 0 radical (unpaired) electrons. The summed E-state index contributed by atoms with van der Waals surface area (Å²) in [5, 5.41) is 2.71. The summed E-state index contributed by atoms with van der Waals surface area (Å²) < 4.78 is 19.0. The van der Waals surface area contributed by atoms with Crippen LogP contribution in [0.4, 0.5) is 10.1 Å². The number of nitrogens with one attached hydrogen (secondary N) is 1. The number of hydrogen-bond acceptors (Lipinski definition) is 3. The summed E-state index contributed by atoms with van der Waals surface area (Å²) >= 11 is 0. The van der Waals surface area contributed by atoms with Gasteiger partial charge in [0.2, 0.25) is 0 Å². The van der Waals surface area contributed by atoms with Crippen molar-refractivity contribution in [3.8, 4) is 0 Å². The third-order valence-electron chi connectivity index (χ3n) is 4.67. The number of amides is 1. The van der Waals surface area contributed by atoms with Gasteiger partial charge < -0.3 is 10.1 Å². The number of aryl methyl sites for hydroxylation is 2. The summed E-state index contributed by atoms with van der Waals surface area (Å²) in [5.41, 5.74) is 4.89. The van der Waals surface area contributed by atoms with E-state index >= 15 is 0 Å². The first kappa shape index (κ1) is 18.8. The van der Waals surface area contributed by atoms with Gasteiger partial charge >= 0.3 is 5.97 Å². The Kier molecular flexibility index (Phi) is 5.40. The van der Waals surface area contributed by atoms with E-state index in [9.17, 15) is 14.0 Å². The van der Waals surface area contributed by atoms with Crippen LogP contribution in [0.2, 0.25) is 0 Å². The maximum Gasteiger partial charge on any atom is 0.310 e. The molecule has 0 saturated carbocycles. The summed E-state index contributed by atoms with van der Waals surface area (Å²) in [7, 11) is 0. The van der Waals surface area contributed by atoms with Crippen molar-refractivity contribution < 1.29 is 18.7 Å². The van der Waals surface area contributed by atoms with Gasteiger partial charge in [0.15, 0.2) is 0 Å². The van der Waals surface area contributed by atoms with E-state index in [-0.39, 0.29) is 24.1 Å². The molecule has 0 aromatic heterocycles. The Bertz CT molecular complexity index is 947. The van der Waals surface area contributed by atoms with Crippen LogP contribution < -0.4 is 5.32 Å². The number of carbonyl (C=O) groups excluding carboxylic acids is 2. The minimum Gasteiger partial charge on any atom is -0.466 e. The van der Waals surface area contributed by atoms with Gasteiger partial charge in [0.1, 0.15) is 5.82 Å². The van der Waals surface area contributed by atoms with Crippen LogP contribution in [-0.2, 0) is 27.2 Å². The maximum atomic E-state index is 14.0. The molecule has 1 aliphatic rings. The first-order valence-corrected chi connectivity index (χ1v) is 9.03. The normalized spacial score (nSPS) is 14.2. The van der Waals surface area contributed by atoms with E-state index in [2.05, 4.69) is 5.32 Å². The highest BCUT2D eigenvalue weighted by molar-refractivity contribution is 6.35. The van der Waals surface area contributed by atoms with Gasteiger partial charge in [0, 0.05) is 11.1 Å². The lowest BCUT2D eigenvalue weighted by Crippen LogP contribution is -2.08. The van der Waals surface area contributed by atoms with Crippen molar-refractivity contribution in [1.29, 1.82) is 0 Å². The molecule has 0 bridgehead atoms. The van der Waals surface area contributed by atoms with E-state index in [0.717, 1.165) is 16.7 Å². The minimum atomic E-state index is -0.315. The zero-order valence-corrected chi connectivity index (χ0v) is 15.7. The molecule has 1 amide bonds. The van der Waals surface area contributed by atoms with Crippen molar-refractivity contribution in [2.45, 2.75) is 33.6 Å². The first-order chi connectivity index (χ1) is 12.9. The smallest absolute Gasteiger partial charge is 0.310 e. The van der Waals surface area contributed by atoms with Gasteiger partial charge in [-0.2, -0.15) is 0 Å². The monoisotopic (exact) mass is 367 g/mol. The molecular formula is C22H22FNO3. The van der Waals surface area contributed by atoms with Crippen LogP contribution in [0.5, 0.6) is 0 Å². The van der Waals surface area contributed by atoms with Crippen LogP contribution in [0.15, 0.2) is 30.3 Å². The lowest BCUT2D eigenvalue weighted by atomic mass is 9.98. The van der Waals surface area contributed by atoms with Crippen molar-refractivity contribution in [3.63, 3.8) is 0 Å². The molecule has 3 rings (SSSR count). The van der Waals surface area contributed by atoms with Crippen LogP contribution in [0.25, 0.3) is 11.6 Å². The number of fused-ring (bicyclic) bond motifs is 1. The van der Waals surface area contributed by atoms with Gasteiger partial charge in [-0.15, -0.1) is 0 Å². The average molecular weight is 367 g/mol. The van der Waals surface area contributed by atoms with Crippen molar-refractivity contribution in [2.24, 2.45) is 0 Å². The molecule has 0 fully saturated rings. The molecule has 0 spiro atoms. The summed E-state index contributed by atoms with van der Waals surface area (Å²) in [6.45, 7) is 5.92. The Labute approximate surface area is 158 Å². The molecule has 2 aromatic carbocycles. The third kappa shape index (κ3) is 3.92. The largest absolute Gasteiger partial charge is 0.466 e. The van der Waals surface area contributed by atoms with E-state index in [1.165, 1.54) is 6.07 Å². The molecule has 5 heteroatoms. The van der Waals surface area contributed by atoms with Gasteiger partial charge in [-0.1, -0.05) is 25.1 Å². The Morgan fingerprint density at radius 3 is 2.67 bits per heavy atom. The van der Waals surface area contributed by atoms with Gasteiger partial charge in [-0.3, -0.25) is 9.59 Å². The molecule has 4 nitrogen and oxygen atoms in total. The summed E-state index contributed by atoms with van der Waals surface area (Å²) in [6, 6.07) is 8.79. The van der Waals surface area contributed by atoms with Crippen molar-refractivity contribution >= 4 is 29.2 Å². The van der Waals surface area contributed by atoms with Gasteiger partial charge in [-0.05, 0) is 60.7 Å². The highest BCUT2D eigenvalue weighted by Gasteiger charge is 2.25. The first-order valence-electron chi connectivity index (χ1n) is 9.03. The predicted molar refractivity (Wildman–Crippen MR) is 104 cm³/mol. The highest BCUT2D eigenvalue weighted by Crippen LogP contribution is 2.35. The number of rotatable bonds is 5. The second kappa shape index (κ2) is 7.74. The summed E-state index contributed by atoms with van der Waals surface area (Å²) in [4.78, 5) is 24.2. The van der Waals surface area contributed by atoms with E-state index in [4.69, 9.17) is 4.74 Å². The van der Waals surface area contributed by atoms with Crippen LogP contribution in [0.1, 0.15) is 41.7 Å². The van der Waals surface area contributed by atoms with Crippen LogP contribution in [-0.4, -0.2) is 18.5 Å². The van der Waals surface area contributed by atoms with E-state index in [1.807, 2.05) is 32.0 Å². The van der Waals surface area contributed by atoms with Crippen LogP contribution in [0.3, 0.4) is 0 Å². The molecule has 0 atom stereocenters. The number of halogens is 1. The molecule has 1 heterocycles. The van der Waals surface area contributed by atoms with Crippen LogP contribution in [0, 0.1) is 12.7 Å². The Hall–Kier alpha value is -2.95. The molecule has 1 aliphatic heterocycles. The number of carbonyl (C=O) groups is 2. The Balaban J connectivity index is 1.98. The van der Waals surface area contributed by atoms with E-state index in [1.54, 1.807) is 19.1 Å². The van der Waals surface area contributed by atoms with Crippen LogP contribution >= 0.6 is 0 Å². The molecule has 140 valence electrons. The molecule has 1 N–H and O–H groups in total. The summed E-state index contributed by atoms with van der Waals surface area (Å²) in [6.07, 6.45) is 2.51. The molecule has 2 aromatic rings. The van der Waals surface area contributed by atoms with E-state index in [0.29, 0.717) is 35.4 Å². The number of benzene rings is 2. The van der Waals surface area contributed by atoms with E-state index < -0.39 is 0 Å². The lowest BCUT2D eigenvalue weighted by Gasteiger charge is -2.08. The lowest BCUT2D eigenvalue weighted by molar-refractivity contribution is -0.142. The zero-order valence-electron chi connectivity index (χ0n) is 15.7. The topological polar surface area (TPSA) is 55.4 Å². The second-order valence-corrected chi connectivity index (χ2v) is 6.52. The fraction of sp³-hybridized carbons (Fsp3) is 0.273. The predicted octanol–water partition coefficient (Wildman–Crippen LogP) is 4.29. The number of hydrogen-bond donors (Lipinski definition) is 1. The molecular weight excluding hydrogens is 345 g/mol. The second-order valence-electron chi connectivity index (χ2n) is 6.52. The fourth-order valence-corrected chi connectivity index (χ4v) is 3.18. The van der Waals surface area contributed by atoms with Crippen molar-refractivity contribution in [2.75, 3.05) is 11.9 Å². The zero-order chi connectivity index (χ0) is 19.6. The minimum absolute atomic E-state index is 0.185. The van der Waals surface area contributed by atoms with Crippen molar-refractivity contribution in [1.82, 2.24) is 0 Å². The third-order valence-corrected chi connectivity index (χ3v) is 4.67. The molecule has 0 unspecified atom stereocenters. The molecule has 0 saturated heterocycles. The highest BCUT2D eigenvalue weighted by atomic mass is 19.1. The van der Waals surface area contributed by atoms with Gasteiger partial charge in [-0.25, -0.2) is 4.39 Å². The Morgan fingerprint density at radius 1 is 1.19 bits per heavy atom. The van der Waals surface area contributed by atoms with Crippen molar-refractivity contribution in [3.05, 3.63) is 64.0 Å². The molecule has 0 aliphatic carbocycles. The number of anilines is 1. The number of ether oxygens (including phenoxy) is 1. The summed E-state index contributed by atoms with van der Waals surface area (Å²) in [5.74, 6) is -0.854. The maximum absolute atomic E-state index is 14.0. The fourth-order valence-electron chi connectivity index (χ4n) is 3.18. The number of esters is 1. The quantitative estimate of drug-likeness (QED) is 0.633. The SMILES string of the molecule is CCOC(=O)Cc1cc(C=C2C(=O)Nc3cc(F)c(CC)cc32)ccc1C.